The van der Waals surface area contributed by atoms with Crippen molar-refractivity contribution < 1.29 is 14.4 Å². The van der Waals surface area contributed by atoms with Crippen LogP contribution in [0.3, 0.4) is 0 Å². The van der Waals surface area contributed by atoms with Crippen LogP contribution in [0, 0.1) is 0 Å². The minimum Gasteiger partial charge on any atom is -0.481 e. The summed E-state index contributed by atoms with van der Waals surface area (Å²) in [4.78, 5) is 14.6. The van der Waals surface area contributed by atoms with Crippen molar-refractivity contribution in [2.24, 2.45) is 0 Å². The number of carboxylic acid groups (broad SMARTS) is 1. The molecule has 0 aliphatic rings. The average Bonchev–Trinajstić information content (AvgIpc) is 2.85. The number of carbonyl (C=O) groups is 1. The molecule has 2 aromatic rings. The van der Waals surface area contributed by atoms with Gasteiger partial charge in [-0.3, -0.25) is 4.79 Å². The molecule has 0 aliphatic carbocycles. The van der Waals surface area contributed by atoms with Crippen molar-refractivity contribution in [1.29, 1.82) is 0 Å². The quantitative estimate of drug-likeness (QED) is 0.894. The number of benzene rings is 1. The lowest BCUT2D eigenvalue weighted by Gasteiger charge is -2.04. The van der Waals surface area contributed by atoms with E-state index in [4.69, 9.17) is 9.63 Å². The maximum absolute atomic E-state index is 10.5. The largest absolute Gasteiger partial charge is 0.481 e. The first-order valence-corrected chi connectivity index (χ1v) is 6.21. The second-order valence-corrected chi connectivity index (χ2v) is 4.68. The molecule has 19 heavy (non-hydrogen) atoms. The van der Waals surface area contributed by atoms with Crippen molar-refractivity contribution in [2.45, 2.75) is 32.6 Å². The Hall–Kier alpha value is -2.17. The fourth-order valence-electron chi connectivity index (χ4n) is 1.70. The van der Waals surface area contributed by atoms with Crippen molar-refractivity contribution in [3.63, 3.8) is 0 Å². The zero-order valence-corrected chi connectivity index (χ0v) is 11.0. The zero-order valence-electron chi connectivity index (χ0n) is 11.0. The van der Waals surface area contributed by atoms with Gasteiger partial charge < -0.3 is 9.63 Å². The number of hydrogen-bond donors (Lipinski definition) is 1. The molecule has 0 amide bonds. The van der Waals surface area contributed by atoms with Gasteiger partial charge in [0.2, 0.25) is 11.7 Å². The summed E-state index contributed by atoms with van der Waals surface area (Å²) in [5, 5.41) is 12.5. The van der Waals surface area contributed by atoms with Crippen molar-refractivity contribution in [3.8, 4) is 11.4 Å². The predicted molar refractivity (Wildman–Crippen MR) is 69.8 cm³/mol. The molecule has 5 nitrogen and oxygen atoms in total. The van der Waals surface area contributed by atoms with Crippen LogP contribution in [0.4, 0.5) is 0 Å². The molecule has 2 rings (SSSR count). The van der Waals surface area contributed by atoms with E-state index in [0.717, 1.165) is 5.56 Å². The highest BCUT2D eigenvalue weighted by Gasteiger charge is 2.10. The molecule has 0 radical (unpaired) electrons. The fourth-order valence-corrected chi connectivity index (χ4v) is 1.70. The maximum atomic E-state index is 10.5. The summed E-state index contributed by atoms with van der Waals surface area (Å²) >= 11 is 0. The third-order valence-corrected chi connectivity index (χ3v) is 2.86. The van der Waals surface area contributed by atoms with Gasteiger partial charge in [-0.1, -0.05) is 43.3 Å². The summed E-state index contributed by atoms with van der Waals surface area (Å²) in [6, 6.07) is 7.96. The predicted octanol–water partition coefficient (Wildman–Crippen LogP) is 2.88. The first kappa shape index (κ1) is 13.3. The molecule has 1 aromatic heterocycles. The highest BCUT2D eigenvalue weighted by Crippen LogP contribution is 2.20. The molecule has 0 atom stereocenters. The van der Waals surface area contributed by atoms with Gasteiger partial charge in [0.1, 0.15) is 0 Å². The van der Waals surface area contributed by atoms with E-state index in [1.807, 2.05) is 24.3 Å². The minimum atomic E-state index is -0.874. The molecule has 1 N–H and O–H groups in total. The van der Waals surface area contributed by atoms with E-state index in [0.29, 0.717) is 17.6 Å². The number of rotatable bonds is 5. The zero-order chi connectivity index (χ0) is 13.8. The van der Waals surface area contributed by atoms with Crippen LogP contribution in [0.1, 0.15) is 37.6 Å². The Morgan fingerprint density at radius 3 is 2.58 bits per heavy atom. The number of aliphatic carboxylic acids is 1. The van der Waals surface area contributed by atoms with Gasteiger partial charge in [-0.25, -0.2) is 0 Å². The third kappa shape index (κ3) is 3.40. The van der Waals surface area contributed by atoms with Crippen LogP contribution in [-0.2, 0) is 11.2 Å². The molecule has 1 heterocycles. The van der Waals surface area contributed by atoms with Gasteiger partial charge in [-0.2, -0.15) is 4.98 Å². The van der Waals surface area contributed by atoms with E-state index in [-0.39, 0.29) is 12.8 Å². The summed E-state index contributed by atoms with van der Waals surface area (Å²) in [6.07, 6.45) is 0.250. The summed E-state index contributed by atoms with van der Waals surface area (Å²) in [5.41, 5.74) is 2.12. The molecule has 0 spiro atoms. The standard InChI is InChI=1S/C14H16N2O3/c1-9(2)10-3-5-11(6-4-10)14-15-12(19-16-14)7-8-13(17)18/h3-6,9H,7-8H2,1-2H3,(H,17,18). The van der Waals surface area contributed by atoms with E-state index in [1.165, 1.54) is 5.56 Å². The van der Waals surface area contributed by atoms with Crippen LogP contribution in [0.5, 0.6) is 0 Å². The second-order valence-electron chi connectivity index (χ2n) is 4.68. The van der Waals surface area contributed by atoms with Crippen LogP contribution in [0.2, 0.25) is 0 Å². The molecule has 5 heteroatoms. The smallest absolute Gasteiger partial charge is 0.303 e. The lowest BCUT2D eigenvalue weighted by Crippen LogP contribution is -1.97. The molecular formula is C14H16N2O3. The molecule has 0 aliphatic heterocycles. The van der Waals surface area contributed by atoms with E-state index < -0.39 is 5.97 Å². The number of hydrogen-bond acceptors (Lipinski definition) is 4. The van der Waals surface area contributed by atoms with Gasteiger partial charge in [-0.05, 0) is 11.5 Å². The highest BCUT2D eigenvalue weighted by atomic mass is 16.5. The van der Waals surface area contributed by atoms with Crippen LogP contribution in [-0.4, -0.2) is 21.2 Å². The van der Waals surface area contributed by atoms with Gasteiger partial charge in [0.15, 0.2) is 0 Å². The van der Waals surface area contributed by atoms with Gasteiger partial charge in [0.25, 0.3) is 0 Å². The van der Waals surface area contributed by atoms with Crippen LogP contribution >= 0.6 is 0 Å². The summed E-state index contributed by atoms with van der Waals surface area (Å²) < 4.78 is 5.02. The monoisotopic (exact) mass is 260 g/mol. The Kier molecular flexibility index (Phi) is 3.94. The molecule has 100 valence electrons. The number of aryl methyl sites for hydroxylation is 1. The molecule has 0 fully saturated rings. The molecule has 1 aromatic carbocycles. The van der Waals surface area contributed by atoms with E-state index in [9.17, 15) is 4.79 Å². The van der Waals surface area contributed by atoms with Gasteiger partial charge in [0.05, 0.1) is 6.42 Å². The van der Waals surface area contributed by atoms with Gasteiger partial charge in [-0.15, -0.1) is 0 Å². The van der Waals surface area contributed by atoms with Gasteiger partial charge in [0, 0.05) is 12.0 Å². The molecule has 0 bridgehead atoms. The summed E-state index contributed by atoms with van der Waals surface area (Å²) in [5.74, 6) is 0.451. The van der Waals surface area contributed by atoms with E-state index >= 15 is 0 Å². The number of carboxylic acids is 1. The van der Waals surface area contributed by atoms with Crippen molar-refractivity contribution in [3.05, 3.63) is 35.7 Å². The first-order chi connectivity index (χ1) is 9.06. The summed E-state index contributed by atoms with van der Waals surface area (Å²) in [7, 11) is 0. The topological polar surface area (TPSA) is 76.2 Å². The Labute approximate surface area is 111 Å². The highest BCUT2D eigenvalue weighted by molar-refractivity contribution is 5.66. The van der Waals surface area contributed by atoms with Crippen molar-refractivity contribution in [2.75, 3.05) is 0 Å². The molecular weight excluding hydrogens is 244 g/mol. The van der Waals surface area contributed by atoms with Crippen molar-refractivity contribution in [1.82, 2.24) is 10.1 Å². The number of aromatic nitrogens is 2. The normalized spacial score (nSPS) is 10.9. The Bertz CT molecular complexity index is 558. The number of nitrogens with zero attached hydrogens (tertiary/aromatic N) is 2. The lowest BCUT2D eigenvalue weighted by atomic mass is 10.0. The first-order valence-electron chi connectivity index (χ1n) is 6.21. The Morgan fingerprint density at radius 2 is 2.00 bits per heavy atom. The molecule has 0 unspecified atom stereocenters. The van der Waals surface area contributed by atoms with Gasteiger partial charge >= 0.3 is 5.97 Å². The van der Waals surface area contributed by atoms with E-state index in [1.54, 1.807) is 0 Å². The third-order valence-electron chi connectivity index (χ3n) is 2.86. The van der Waals surface area contributed by atoms with Crippen LogP contribution in [0.15, 0.2) is 28.8 Å². The van der Waals surface area contributed by atoms with Crippen molar-refractivity contribution >= 4 is 5.97 Å². The molecule has 0 saturated carbocycles. The molecule has 0 saturated heterocycles. The average molecular weight is 260 g/mol. The maximum Gasteiger partial charge on any atom is 0.303 e. The Morgan fingerprint density at radius 1 is 1.32 bits per heavy atom. The minimum absolute atomic E-state index is 0.00603. The second kappa shape index (κ2) is 5.65. The van der Waals surface area contributed by atoms with E-state index in [2.05, 4.69) is 24.0 Å². The van der Waals surface area contributed by atoms with Crippen LogP contribution in [0.25, 0.3) is 11.4 Å². The lowest BCUT2D eigenvalue weighted by molar-refractivity contribution is -0.137. The fraction of sp³-hybridized carbons (Fsp3) is 0.357. The SMILES string of the molecule is CC(C)c1ccc(-c2noc(CCC(=O)O)n2)cc1. The Balaban J connectivity index is 2.11. The van der Waals surface area contributed by atoms with Crippen LogP contribution < -0.4 is 0 Å². The summed E-state index contributed by atoms with van der Waals surface area (Å²) in [6.45, 7) is 4.26.